The molecule has 28 heavy (non-hydrogen) atoms. The van der Waals surface area contributed by atoms with E-state index in [9.17, 15) is 8.42 Å². The molecule has 3 aromatic rings. The van der Waals surface area contributed by atoms with Crippen LogP contribution in [0.1, 0.15) is 17.8 Å². The molecule has 0 atom stereocenters. The molecule has 6 nitrogen and oxygen atoms in total. The normalized spacial score (nSPS) is 15.2. The van der Waals surface area contributed by atoms with Gasteiger partial charge in [-0.1, -0.05) is 46.1 Å². The number of hydrogen-bond acceptors (Lipinski definition) is 6. The van der Waals surface area contributed by atoms with Gasteiger partial charge in [-0.2, -0.15) is 0 Å². The van der Waals surface area contributed by atoms with Crippen LogP contribution < -0.4 is 9.46 Å². The van der Waals surface area contributed by atoms with E-state index in [2.05, 4.69) is 14.9 Å². The molecule has 1 N–H and O–H groups in total. The summed E-state index contributed by atoms with van der Waals surface area (Å²) < 4.78 is 33.6. The van der Waals surface area contributed by atoms with Crippen LogP contribution in [-0.2, 0) is 15.6 Å². The average Bonchev–Trinajstić information content (AvgIpc) is 3.28. The van der Waals surface area contributed by atoms with Gasteiger partial charge in [-0.15, -0.1) is 10.2 Å². The minimum atomic E-state index is -3.87. The Kier molecular flexibility index (Phi) is 5.18. The molecule has 11 heteroatoms. The van der Waals surface area contributed by atoms with Gasteiger partial charge < -0.3 is 4.74 Å². The Morgan fingerprint density at radius 1 is 1.00 bits per heavy atom. The molecule has 0 unspecified atom stereocenters. The van der Waals surface area contributed by atoms with Gasteiger partial charge in [0.25, 0.3) is 10.0 Å². The van der Waals surface area contributed by atoms with Gasteiger partial charge in [0.1, 0.15) is 5.75 Å². The number of anilines is 1. The third-order valence-electron chi connectivity index (χ3n) is 4.07. The molecule has 1 aliphatic carbocycles. The molecule has 1 heterocycles. The number of nitrogens with one attached hydrogen (secondary N) is 1. The largest absolute Gasteiger partial charge is 0.480 e. The van der Waals surface area contributed by atoms with Gasteiger partial charge in [0.2, 0.25) is 5.13 Å². The van der Waals surface area contributed by atoms with Crippen LogP contribution in [-0.4, -0.2) is 18.6 Å². The Balaban J connectivity index is 1.52. The van der Waals surface area contributed by atoms with Crippen molar-refractivity contribution in [1.82, 2.24) is 10.2 Å². The van der Waals surface area contributed by atoms with Crippen LogP contribution in [0.3, 0.4) is 0 Å². The highest BCUT2D eigenvalue weighted by Crippen LogP contribution is 2.50. The minimum absolute atomic E-state index is 0.0165. The summed E-state index contributed by atoms with van der Waals surface area (Å²) >= 11 is 18.8. The zero-order chi connectivity index (χ0) is 19.9. The maximum Gasteiger partial charge on any atom is 0.263 e. The van der Waals surface area contributed by atoms with E-state index in [1.807, 2.05) is 0 Å². The minimum Gasteiger partial charge on any atom is -0.480 e. The van der Waals surface area contributed by atoms with Crippen LogP contribution in [0.25, 0.3) is 0 Å². The van der Waals surface area contributed by atoms with E-state index in [4.69, 9.17) is 39.5 Å². The van der Waals surface area contributed by atoms with Gasteiger partial charge in [-0.3, -0.25) is 4.72 Å². The Bertz CT molecular complexity index is 1130. The zero-order valence-electron chi connectivity index (χ0n) is 14.0. The lowest BCUT2D eigenvalue weighted by Gasteiger charge is -2.14. The number of sulfonamides is 1. The molecule has 2 aromatic carbocycles. The van der Waals surface area contributed by atoms with Crippen LogP contribution in [0, 0.1) is 0 Å². The molecular weight excluding hydrogens is 465 g/mol. The fourth-order valence-corrected chi connectivity index (χ4v) is 5.14. The van der Waals surface area contributed by atoms with E-state index in [0.29, 0.717) is 15.8 Å². The molecular formula is C17H12Cl3N3O3S2. The highest BCUT2D eigenvalue weighted by molar-refractivity contribution is 7.93. The van der Waals surface area contributed by atoms with E-state index >= 15 is 0 Å². The highest BCUT2D eigenvalue weighted by Gasteiger charge is 2.50. The third-order valence-corrected chi connectivity index (χ3v) is 7.55. The first-order valence-electron chi connectivity index (χ1n) is 8.04. The number of aromatic nitrogens is 2. The van der Waals surface area contributed by atoms with Crippen molar-refractivity contribution in [2.24, 2.45) is 0 Å². The summed E-state index contributed by atoms with van der Waals surface area (Å²) in [5, 5.41) is 9.85. The molecule has 1 saturated carbocycles. The quantitative estimate of drug-likeness (QED) is 0.517. The fourth-order valence-electron chi connectivity index (χ4n) is 2.47. The monoisotopic (exact) mass is 475 g/mol. The van der Waals surface area contributed by atoms with Gasteiger partial charge in [-0.05, 0) is 55.3 Å². The lowest BCUT2D eigenvalue weighted by atomic mass is 10.3. The van der Waals surface area contributed by atoms with Gasteiger partial charge in [0, 0.05) is 5.02 Å². The summed E-state index contributed by atoms with van der Waals surface area (Å²) in [7, 11) is -3.87. The van der Waals surface area contributed by atoms with Gasteiger partial charge >= 0.3 is 0 Å². The Morgan fingerprint density at radius 2 is 1.71 bits per heavy atom. The standard InChI is InChI=1S/C17H12Cl3N3O3S2/c18-10-1-3-11(4-2-10)26-17(7-8-17)15-21-22-16(27-15)23-28(24,25)12-5-6-13(19)14(20)9-12/h1-6,9H,7-8H2,(H,22,23). The maximum atomic E-state index is 12.5. The summed E-state index contributed by atoms with van der Waals surface area (Å²) in [6.45, 7) is 0. The van der Waals surface area contributed by atoms with Crippen LogP contribution in [0.15, 0.2) is 47.4 Å². The predicted molar refractivity (Wildman–Crippen MR) is 110 cm³/mol. The molecule has 0 amide bonds. The SMILES string of the molecule is O=S(=O)(Nc1nnc(C2(Oc3ccc(Cl)cc3)CC2)s1)c1ccc(Cl)c(Cl)c1. The molecule has 1 fully saturated rings. The molecule has 0 bridgehead atoms. The van der Waals surface area contributed by atoms with Crippen LogP contribution in [0.4, 0.5) is 5.13 Å². The highest BCUT2D eigenvalue weighted by atomic mass is 35.5. The average molecular weight is 477 g/mol. The smallest absolute Gasteiger partial charge is 0.263 e. The van der Waals surface area contributed by atoms with Crippen molar-refractivity contribution >= 4 is 61.3 Å². The summed E-state index contributed by atoms with van der Waals surface area (Å²) in [6.07, 6.45) is 1.54. The van der Waals surface area contributed by atoms with Crippen molar-refractivity contribution in [3.63, 3.8) is 0 Å². The molecule has 1 aliphatic rings. The predicted octanol–water partition coefficient (Wildman–Crippen LogP) is 5.37. The molecule has 0 saturated heterocycles. The third kappa shape index (κ3) is 4.06. The molecule has 0 spiro atoms. The van der Waals surface area contributed by atoms with Crippen molar-refractivity contribution < 1.29 is 13.2 Å². The maximum absolute atomic E-state index is 12.5. The molecule has 0 radical (unpaired) electrons. The lowest BCUT2D eigenvalue weighted by Crippen LogP contribution is -2.15. The molecule has 1 aromatic heterocycles. The van der Waals surface area contributed by atoms with Crippen LogP contribution >= 0.6 is 46.1 Å². The summed E-state index contributed by atoms with van der Waals surface area (Å²) in [4.78, 5) is -0.0165. The molecule has 4 rings (SSSR count). The first-order valence-corrected chi connectivity index (χ1v) is 11.5. The second kappa shape index (κ2) is 7.35. The summed E-state index contributed by atoms with van der Waals surface area (Å²) in [5.74, 6) is 0.662. The van der Waals surface area contributed by atoms with Crippen LogP contribution in [0.5, 0.6) is 5.75 Å². The Morgan fingerprint density at radius 3 is 2.36 bits per heavy atom. The van der Waals surface area contributed by atoms with Crippen molar-refractivity contribution in [2.75, 3.05) is 4.72 Å². The van der Waals surface area contributed by atoms with E-state index in [0.717, 1.165) is 24.2 Å². The first-order chi connectivity index (χ1) is 13.3. The molecule has 0 aliphatic heterocycles. The topological polar surface area (TPSA) is 81.2 Å². The van der Waals surface area contributed by atoms with Gasteiger partial charge in [-0.25, -0.2) is 8.42 Å². The van der Waals surface area contributed by atoms with Crippen LogP contribution in [0.2, 0.25) is 15.1 Å². The Labute approximate surface area is 180 Å². The zero-order valence-corrected chi connectivity index (χ0v) is 17.9. The number of benzene rings is 2. The van der Waals surface area contributed by atoms with E-state index in [-0.39, 0.29) is 20.1 Å². The number of hydrogen-bond donors (Lipinski definition) is 1. The van der Waals surface area contributed by atoms with Crippen molar-refractivity contribution in [3.05, 3.63) is 62.5 Å². The second-order valence-corrected chi connectivity index (χ2v) is 10.1. The molecule has 146 valence electrons. The summed E-state index contributed by atoms with van der Waals surface area (Å²) in [6, 6.07) is 11.1. The van der Waals surface area contributed by atoms with Gasteiger partial charge in [0.05, 0.1) is 14.9 Å². The van der Waals surface area contributed by atoms with Crippen molar-refractivity contribution in [2.45, 2.75) is 23.3 Å². The van der Waals surface area contributed by atoms with Gasteiger partial charge in [0.15, 0.2) is 10.6 Å². The fraction of sp³-hybridized carbons (Fsp3) is 0.176. The number of halogens is 3. The van der Waals surface area contributed by atoms with E-state index in [1.54, 1.807) is 24.3 Å². The Hall–Kier alpha value is -1.58. The number of nitrogens with zero attached hydrogens (tertiary/aromatic N) is 2. The van der Waals surface area contributed by atoms with E-state index < -0.39 is 15.6 Å². The number of rotatable bonds is 6. The second-order valence-electron chi connectivity index (χ2n) is 6.14. The lowest BCUT2D eigenvalue weighted by molar-refractivity contribution is 0.179. The van der Waals surface area contributed by atoms with Crippen molar-refractivity contribution in [1.29, 1.82) is 0 Å². The summed E-state index contributed by atoms with van der Waals surface area (Å²) in [5.41, 5.74) is -0.585. The van der Waals surface area contributed by atoms with E-state index in [1.165, 1.54) is 18.2 Å². The van der Waals surface area contributed by atoms with Crippen molar-refractivity contribution in [3.8, 4) is 5.75 Å². The number of ether oxygens (including phenoxy) is 1. The first kappa shape index (κ1) is 19.7.